The van der Waals surface area contributed by atoms with Gasteiger partial charge in [0.1, 0.15) is 4.83 Å². The molecule has 0 bridgehead atoms. The van der Waals surface area contributed by atoms with Crippen molar-refractivity contribution in [3.63, 3.8) is 0 Å². The first kappa shape index (κ1) is 20.5. The SMILES string of the molecule is CC(C)(C)C(=O)c1sc2nc3c(c(-c4cccs4)c2c1N)CC[C@H](C(C)(C)C)C3. The number of aromatic nitrogens is 1. The average molecular weight is 427 g/mol. The van der Waals surface area contributed by atoms with E-state index in [4.69, 9.17) is 10.7 Å². The van der Waals surface area contributed by atoms with Crippen LogP contribution in [0.2, 0.25) is 0 Å². The average Bonchev–Trinajstić information content (AvgIpc) is 3.26. The second-order valence-corrected chi connectivity index (χ2v) is 12.2. The monoisotopic (exact) mass is 426 g/mol. The zero-order chi connectivity index (χ0) is 21.1. The van der Waals surface area contributed by atoms with Crippen LogP contribution >= 0.6 is 22.7 Å². The van der Waals surface area contributed by atoms with Gasteiger partial charge in [-0.05, 0) is 47.6 Å². The van der Waals surface area contributed by atoms with Gasteiger partial charge < -0.3 is 5.73 Å². The number of carbonyl (C=O) groups excluding carboxylic acids is 1. The van der Waals surface area contributed by atoms with E-state index in [1.54, 1.807) is 11.3 Å². The van der Waals surface area contributed by atoms with Gasteiger partial charge in [-0.15, -0.1) is 22.7 Å². The molecule has 1 atom stereocenters. The van der Waals surface area contributed by atoms with E-state index in [9.17, 15) is 4.79 Å². The molecule has 3 nitrogen and oxygen atoms in total. The Morgan fingerprint density at radius 3 is 2.52 bits per heavy atom. The summed E-state index contributed by atoms with van der Waals surface area (Å²) in [4.78, 5) is 20.9. The molecule has 0 aromatic carbocycles. The number of rotatable bonds is 2. The number of nitrogens with two attached hydrogens (primary N) is 1. The Kier molecular flexibility index (Phi) is 4.90. The molecule has 154 valence electrons. The molecule has 0 unspecified atom stereocenters. The predicted molar refractivity (Wildman–Crippen MR) is 126 cm³/mol. The maximum Gasteiger partial charge on any atom is 0.180 e. The van der Waals surface area contributed by atoms with Gasteiger partial charge in [0.05, 0.1) is 10.6 Å². The van der Waals surface area contributed by atoms with Gasteiger partial charge in [-0.25, -0.2) is 4.98 Å². The number of ketones is 1. The first-order valence-corrected chi connectivity index (χ1v) is 12.0. The summed E-state index contributed by atoms with van der Waals surface area (Å²) in [5.41, 5.74) is 10.8. The summed E-state index contributed by atoms with van der Waals surface area (Å²) in [6.07, 6.45) is 3.18. The normalized spacial score (nSPS) is 17.5. The van der Waals surface area contributed by atoms with Crippen molar-refractivity contribution >= 4 is 44.4 Å². The fourth-order valence-corrected chi connectivity index (χ4v) is 6.35. The second-order valence-electron chi connectivity index (χ2n) is 10.3. The molecule has 1 aliphatic carbocycles. The smallest absolute Gasteiger partial charge is 0.180 e. The third-order valence-corrected chi connectivity index (χ3v) is 8.11. The van der Waals surface area contributed by atoms with E-state index in [-0.39, 0.29) is 11.2 Å². The molecule has 1 aliphatic rings. The minimum atomic E-state index is -0.463. The van der Waals surface area contributed by atoms with Crippen molar-refractivity contribution in [2.24, 2.45) is 16.7 Å². The van der Waals surface area contributed by atoms with Crippen LogP contribution in [0.1, 0.15) is 68.9 Å². The summed E-state index contributed by atoms with van der Waals surface area (Å²) in [5.74, 6) is 0.713. The number of hydrogen-bond acceptors (Lipinski definition) is 5. The van der Waals surface area contributed by atoms with Crippen LogP contribution in [0.25, 0.3) is 20.7 Å². The highest BCUT2D eigenvalue weighted by molar-refractivity contribution is 7.21. The van der Waals surface area contributed by atoms with Gasteiger partial charge in [0, 0.05) is 26.9 Å². The molecule has 0 saturated carbocycles. The van der Waals surface area contributed by atoms with Gasteiger partial charge >= 0.3 is 0 Å². The molecule has 0 spiro atoms. The van der Waals surface area contributed by atoms with Crippen molar-refractivity contribution in [2.45, 2.75) is 60.8 Å². The molecular weight excluding hydrogens is 396 g/mol. The van der Waals surface area contributed by atoms with Gasteiger partial charge in [-0.3, -0.25) is 4.79 Å². The van der Waals surface area contributed by atoms with Crippen molar-refractivity contribution < 1.29 is 4.79 Å². The number of fused-ring (bicyclic) bond motifs is 2. The Balaban J connectivity index is 1.98. The second kappa shape index (κ2) is 6.92. The van der Waals surface area contributed by atoms with Crippen LogP contribution in [0.5, 0.6) is 0 Å². The number of pyridine rings is 1. The third kappa shape index (κ3) is 3.53. The van der Waals surface area contributed by atoms with E-state index in [1.807, 2.05) is 20.8 Å². The standard InChI is InChI=1S/C24H30N2OS2/c1-23(2,3)13-9-10-14-15(12-13)26-22-18(17(14)16-8-7-11-28-16)19(25)20(29-22)21(27)24(4,5)6/h7-8,11,13H,9-10,12,25H2,1-6H3/t13-/m0/s1. The van der Waals surface area contributed by atoms with Crippen LogP contribution in [-0.2, 0) is 12.8 Å². The lowest BCUT2D eigenvalue weighted by Gasteiger charge is -2.35. The first-order valence-electron chi connectivity index (χ1n) is 10.3. The molecule has 3 aromatic heterocycles. The number of carbonyl (C=O) groups is 1. The Bertz CT molecular complexity index is 1080. The van der Waals surface area contributed by atoms with Crippen LogP contribution in [0.15, 0.2) is 17.5 Å². The van der Waals surface area contributed by atoms with E-state index in [0.29, 0.717) is 16.5 Å². The molecule has 29 heavy (non-hydrogen) atoms. The quantitative estimate of drug-likeness (QED) is 0.449. The number of nitrogens with zero attached hydrogens (tertiary/aromatic N) is 1. The van der Waals surface area contributed by atoms with Crippen molar-refractivity contribution in [2.75, 3.05) is 5.73 Å². The summed E-state index contributed by atoms with van der Waals surface area (Å²) < 4.78 is 0. The van der Waals surface area contributed by atoms with Gasteiger partial charge in [-0.1, -0.05) is 47.6 Å². The molecule has 0 fully saturated rings. The fraction of sp³-hybridized carbons (Fsp3) is 0.500. The molecule has 0 amide bonds. The van der Waals surface area contributed by atoms with Crippen molar-refractivity contribution in [3.05, 3.63) is 33.6 Å². The molecule has 0 radical (unpaired) electrons. The molecule has 2 N–H and O–H groups in total. The van der Waals surface area contributed by atoms with Crippen molar-refractivity contribution in [1.29, 1.82) is 0 Å². The molecule has 3 aromatic rings. The number of nitrogen functional groups attached to an aromatic ring is 1. The molecule has 0 saturated heterocycles. The van der Waals surface area contributed by atoms with E-state index in [0.717, 1.165) is 23.1 Å². The number of anilines is 1. The van der Waals surface area contributed by atoms with E-state index < -0.39 is 5.41 Å². The molecule has 0 aliphatic heterocycles. The van der Waals surface area contributed by atoms with Gasteiger partial charge in [-0.2, -0.15) is 0 Å². The van der Waals surface area contributed by atoms with Crippen LogP contribution in [0.3, 0.4) is 0 Å². The molecule has 5 heteroatoms. The highest BCUT2D eigenvalue weighted by atomic mass is 32.1. The van der Waals surface area contributed by atoms with Gasteiger partial charge in [0.2, 0.25) is 0 Å². The Morgan fingerprint density at radius 2 is 1.93 bits per heavy atom. The van der Waals surface area contributed by atoms with Crippen LogP contribution in [-0.4, -0.2) is 10.8 Å². The number of thiophene rings is 2. The number of hydrogen-bond donors (Lipinski definition) is 1. The summed E-state index contributed by atoms with van der Waals surface area (Å²) in [7, 11) is 0. The summed E-state index contributed by atoms with van der Waals surface area (Å²) in [6.45, 7) is 12.8. The summed E-state index contributed by atoms with van der Waals surface area (Å²) in [6, 6.07) is 4.25. The van der Waals surface area contributed by atoms with Crippen LogP contribution in [0.4, 0.5) is 5.69 Å². The predicted octanol–water partition coefficient (Wildman–Crippen LogP) is 6.99. The fourth-order valence-electron chi connectivity index (χ4n) is 4.27. The van der Waals surface area contributed by atoms with E-state index >= 15 is 0 Å². The Morgan fingerprint density at radius 1 is 1.21 bits per heavy atom. The largest absolute Gasteiger partial charge is 0.397 e. The minimum absolute atomic E-state index is 0.0978. The molecular formula is C24H30N2OS2. The maximum absolute atomic E-state index is 13.1. The van der Waals surface area contributed by atoms with E-state index in [2.05, 4.69) is 38.3 Å². The van der Waals surface area contributed by atoms with Crippen molar-refractivity contribution in [3.8, 4) is 10.4 Å². The van der Waals surface area contributed by atoms with Crippen LogP contribution in [0, 0.1) is 16.7 Å². The van der Waals surface area contributed by atoms with Crippen molar-refractivity contribution in [1.82, 2.24) is 4.98 Å². The number of Topliss-reactive ketones (excluding diaryl/α,β-unsaturated/α-hetero) is 1. The summed E-state index contributed by atoms with van der Waals surface area (Å²) >= 11 is 3.21. The summed E-state index contributed by atoms with van der Waals surface area (Å²) in [5, 5.41) is 3.09. The first-order chi connectivity index (χ1) is 13.5. The van der Waals surface area contributed by atoms with Gasteiger partial charge in [0.25, 0.3) is 0 Å². The van der Waals surface area contributed by atoms with Crippen LogP contribution < -0.4 is 5.73 Å². The third-order valence-electron chi connectivity index (χ3n) is 6.13. The zero-order valence-electron chi connectivity index (χ0n) is 18.2. The Hall–Kier alpha value is -1.72. The highest BCUT2D eigenvalue weighted by Gasteiger charge is 2.34. The maximum atomic E-state index is 13.1. The zero-order valence-corrected chi connectivity index (χ0v) is 19.8. The lowest BCUT2D eigenvalue weighted by atomic mass is 9.71. The minimum Gasteiger partial charge on any atom is -0.397 e. The lowest BCUT2D eigenvalue weighted by molar-refractivity contribution is 0.0863. The highest BCUT2D eigenvalue weighted by Crippen LogP contribution is 2.48. The lowest BCUT2D eigenvalue weighted by Crippen LogP contribution is -2.27. The molecule has 3 heterocycles. The van der Waals surface area contributed by atoms with E-state index in [1.165, 1.54) is 39.5 Å². The Labute approximate surface area is 181 Å². The topological polar surface area (TPSA) is 56.0 Å². The molecule has 4 rings (SSSR count). The van der Waals surface area contributed by atoms with Gasteiger partial charge in [0.15, 0.2) is 5.78 Å².